The summed E-state index contributed by atoms with van der Waals surface area (Å²) in [6.07, 6.45) is 0.0883. The molecular formula is C19H22FN2O4+. The average Bonchev–Trinajstić information content (AvgIpc) is 2.57. The third-order valence-corrected chi connectivity index (χ3v) is 3.93. The highest BCUT2D eigenvalue weighted by Gasteiger charge is 2.32. The minimum atomic E-state index is -0.554. The van der Waals surface area contributed by atoms with E-state index < -0.39 is 5.60 Å². The number of fused-ring (bicyclic) bond motifs is 1. The summed E-state index contributed by atoms with van der Waals surface area (Å²) in [5.41, 5.74) is 0.932. The quantitative estimate of drug-likeness (QED) is 0.657. The van der Waals surface area contributed by atoms with E-state index in [4.69, 9.17) is 9.47 Å². The van der Waals surface area contributed by atoms with Crippen molar-refractivity contribution >= 4 is 6.09 Å². The van der Waals surface area contributed by atoms with Crippen molar-refractivity contribution in [2.24, 2.45) is 0 Å². The summed E-state index contributed by atoms with van der Waals surface area (Å²) in [7, 11) is 0. The lowest BCUT2D eigenvalue weighted by atomic mass is 10.1. The number of amides is 1. The van der Waals surface area contributed by atoms with Crippen LogP contribution in [0, 0.1) is 5.82 Å². The molecule has 7 heteroatoms. The van der Waals surface area contributed by atoms with Gasteiger partial charge in [-0.3, -0.25) is 5.21 Å². The summed E-state index contributed by atoms with van der Waals surface area (Å²) in [5.74, 6) is 0.281. The second kappa shape index (κ2) is 6.82. The van der Waals surface area contributed by atoms with Crippen molar-refractivity contribution < 1.29 is 28.6 Å². The van der Waals surface area contributed by atoms with Gasteiger partial charge in [-0.1, -0.05) is 0 Å². The first kappa shape index (κ1) is 18.0. The standard InChI is InChI=1S/C19H22FN2O4/c1-19(2,3)26-18(23)21-11-10-16-13(12-21)4-9-17(22(16)24)25-15-7-5-14(20)6-8-15/h4-9,24H,10-12H2,1-3H3/q+1. The molecule has 1 aliphatic heterocycles. The molecule has 1 amide bonds. The molecule has 1 aromatic heterocycles. The van der Waals surface area contributed by atoms with Crippen molar-refractivity contribution in [3.63, 3.8) is 0 Å². The molecule has 0 spiro atoms. The van der Waals surface area contributed by atoms with Crippen LogP contribution in [-0.2, 0) is 17.7 Å². The first-order valence-corrected chi connectivity index (χ1v) is 8.40. The Kier molecular flexibility index (Phi) is 4.71. The van der Waals surface area contributed by atoms with E-state index in [-0.39, 0.29) is 17.8 Å². The van der Waals surface area contributed by atoms with Gasteiger partial charge in [0.15, 0.2) is 0 Å². The van der Waals surface area contributed by atoms with E-state index in [1.54, 1.807) is 17.0 Å². The van der Waals surface area contributed by atoms with Crippen LogP contribution in [0.2, 0.25) is 0 Å². The molecule has 26 heavy (non-hydrogen) atoms. The van der Waals surface area contributed by atoms with E-state index in [9.17, 15) is 14.4 Å². The summed E-state index contributed by atoms with van der Waals surface area (Å²) in [6.45, 7) is 6.25. The summed E-state index contributed by atoms with van der Waals surface area (Å²) < 4.78 is 25.0. The fourth-order valence-corrected chi connectivity index (χ4v) is 2.73. The third-order valence-electron chi connectivity index (χ3n) is 3.93. The van der Waals surface area contributed by atoms with E-state index in [0.717, 1.165) is 10.3 Å². The fraction of sp³-hybridized carbons (Fsp3) is 0.368. The molecule has 0 saturated heterocycles. The molecule has 3 rings (SSSR count). The molecule has 0 saturated carbocycles. The highest BCUT2D eigenvalue weighted by Crippen LogP contribution is 2.23. The number of hydrogen-bond donors (Lipinski definition) is 1. The van der Waals surface area contributed by atoms with Gasteiger partial charge in [-0.2, -0.15) is 0 Å². The van der Waals surface area contributed by atoms with Crippen LogP contribution in [0.5, 0.6) is 11.6 Å². The SMILES string of the molecule is CC(C)(C)OC(=O)N1CCc2c(ccc(Oc3ccc(F)cc3)[n+]2O)C1. The van der Waals surface area contributed by atoms with Crippen molar-refractivity contribution in [2.45, 2.75) is 39.3 Å². The normalized spacial score (nSPS) is 13.9. The molecule has 1 aliphatic rings. The first-order valence-electron chi connectivity index (χ1n) is 8.40. The van der Waals surface area contributed by atoms with Gasteiger partial charge in [-0.05, 0) is 51.1 Å². The molecule has 0 atom stereocenters. The van der Waals surface area contributed by atoms with Gasteiger partial charge in [0.25, 0.3) is 0 Å². The Labute approximate surface area is 151 Å². The second-order valence-corrected chi connectivity index (χ2v) is 7.16. The predicted molar refractivity (Wildman–Crippen MR) is 90.6 cm³/mol. The Hall–Kier alpha value is -2.83. The molecule has 0 bridgehead atoms. The van der Waals surface area contributed by atoms with E-state index >= 15 is 0 Å². The van der Waals surface area contributed by atoms with Crippen molar-refractivity contribution in [1.29, 1.82) is 0 Å². The zero-order chi connectivity index (χ0) is 18.9. The van der Waals surface area contributed by atoms with Crippen LogP contribution in [0.4, 0.5) is 9.18 Å². The minimum Gasteiger partial charge on any atom is -0.444 e. The van der Waals surface area contributed by atoms with Gasteiger partial charge in [0.05, 0.1) is 19.0 Å². The zero-order valence-corrected chi connectivity index (χ0v) is 15.0. The Balaban J connectivity index is 1.76. The molecular weight excluding hydrogens is 339 g/mol. The molecule has 2 aromatic rings. The van der Waals surface area contributed by atoms with Crippen LogP contribution in [-0.4, -0.2) is 28.3 Å². The van der Waals surface area contributed by atoms with E-state index in [1.165, 1.54) is 24.3 Å². The van der Waals surface area contributed by atoms with Gasteiger partial charge in [0.2, 0.25) is 5.69 Å². The average molecular weight is 361 g/mol. The van der Waals surface area contributed by atoms with Crippen LogP contribution in [0.25, 0.3) is 0 Å². The number of nitrogens with zero attached hydrogens (tertiary/aromatic N) is 2. The molecule has 0 radical (unpaired) electrons. The lowest BCUT2D eigenvalue weighted by Crippen LogP contribution is -2.46. The largest absolute Gasteiger partial charge is 0.444 e. The maximum atomic E-state index is 13.0. The maximum absolute atomic E-state index is 13.0. The summed E-state index contributed by atoms with van der Waals surface area (Å²) in [5, 5.41) is 10.4. The van der Waals surface area contributed by atoms with Gasteiger partial charge >= 0.3 is 12.0 Å². The van der Waals surface area contributed by atoms with Crippen LogP contribution >= 0.6 is 0 Å². The first-order chi connectivity index (χ1) is 12.2. The molecule has 0 unspecified atom stereocenters. The monoisotopic (exact) mass is 361 g/mol. The number of hydrogen-bond acceptors (Lipinski definition) is 4. The molecule has 6 nitrogen and oxygen atoms in total. The lowest BCUT2D eigenvalue weighted by molar-refractivity contribution is -0.911. The number of pyridine rings is 1. The van der Waals surface area contributed by atoms with E-state index in [1.807, 2.05) is 20.8 Å². The number of carbonyl (C=O) groups is 1. The van der Waals surface area contributed by atoms with Crippen molar-refractivity contribution in [1.82, 2.24) is 4.90 Å². The van der Waals surface area contributed by atoms with Crippen LogP contribution in [0.15, 0.2) is 36.4 Å². The Bertz CT molecular complexity index is 816. The Morgan fingerprint density at radius 3 is 2.54 bits per heavy atom. The number of halogens is 1. The summed E-state index contributed by atoms with van der Waals surface area (Å²) in [4.78, 5) is 13.8. The molecule has 0 fully saturated rings. The number of carbonyl (C=O) groups excluding carboxylic acids is 1. The molecule has 138 valence electrons. The Morgan fingerprint density at radius 2 is 1.88 bits per heavy atom. The molecule has 1 aromatic carbocycles. The summed E-state index contributed by atoms with van der Waals surface area (Å²) >= 11 is 0. The van der Waals surface area contributed by atoms with Gasteiger partial charge in [0, 0.05) is 16.8 Å². The number of rotatable bonds is 2. The maximum Gasteiger partial charge on any atom is 0.422 e. The van der Waals surface area contributed by atoms with Crippen LogP contribution in [0.1, 0.15) is 32.0 Å². The van der Waals surface area contributed by atoms with Crippen molar-refractivity contribution in [3.8, 4) is 11.6 Å². The van der Waals surface area contributed by atoms with Crippen molar-refractivity contribution in [2.75, 3.05) is 6.54 Å². The smallest absolute Gasteiger partial charge is 0.422 e. The van der Waals surface area contributed by atoms with Crippen LogP contribution < -0.4 is 9.47 Å². The lowest BCUT2D eigenvalue weighted by Gasteiger charge is -2.29. The van der Waals surface area contributed by atoms with Gasteiger partial charge in [-0.25, -0.2) is 9.18 Å². The molecule has 2 heterocycles. The van der Waals surface area contributed by atoms with Crippen LogP contribution in [0.3, 0.4) is 0 Å². The fourth-order valence-electron chi connectivity index (χ4n) is 2.73. The minimum absolute atomic E-state index is 0.223. The zero-order valence-electron chi connectivity index (χ0n) is 15.0. The highest BCUT2D eigenvalue weighted by atomic mass is 19.1. The molecule has 1 N–H and O–H groups in total. The van der Waals surface area contributed by atoms with Gasteiger partial charge in [0.1, 0.15) is 17.2 Å². The van der Waals surface area contributed by atoms with Gasteiger partial charge < -0.3 is 14.4 Å². The van der Waals surface area contributed by atoms with E-state index in [0.29, 0.717) is 31.0 Å². The highest BCUT2D eigenvalue weighted by molar-refractivity contribution is 5.68. The van der Waals surface area contributed by atoms with Gasteiger partial charge in [-0.15, -0.1) is 0 Å². The van der Waals surface area contributed by atoms with Crippen molar-refractivity contribution in [3.05, 3.63) is 53.5 Å². The van der Waals surface area contributed by atoms with E-state index in [2.05, 4.69) is 0 Å². The topological polar surface area (TPSA) is 62.9 Å². The number of ether oxygens (including phenoxy) is 2. The second-order valence-electron chi connectivity index (χ2n) is 7.16. The third kappa shape index (κ3) is 4.04. The summed E-state index contributed by atoms with van der Waals surface area (Å²) in [6, 6.07) is 8.96. The number of benzene rings is 1. The number of aromatic nitrogens is 1. The molecule has 0 aliphatic carbocycles. The predicted octanol–water partition coefficient (Wildman–Crippen LogP) is 3.44. The Morgan fingerprint density at radius 1 is 1.19 bits per heavy atom.